The highest BCUT2D eigenvalue weighted by Crippen LogP contribution is 2.37. The lowest BCUT2D eigenvalue weighted by atomic mass is 9.99. The second-order valence-electron chi connectivity index (χ2n) is 6.34. The number of hydrogen-bond acceptors (Lipinski definition) is 4. The monoisotopic (exact) mass is 346 g/mol. The number of carbonyl (C=O) groups is 2. The summed E-state index contributed by atoms with van der Waals surface area (Å²) in [5.41, 5.74) is 2.44. The molecular formula is C21H18N2O3. The van der Waals surface area contributed by atoms with Gasteiger partial charge in [-0.3, -0.25) is 14.6 Å². The van der Waals surface area contributed by atoms with Crippen LogP contribution in [0.4, 0.5) is 5.69 Å². The van der Waals surface area contributed by atoms with Gasteiger partial charge >= 0.3 is 0 Å². The van der Waals surface area contributed by atoms with Crippen molar-refractivity contribution in [3.63, 3.8) is 0 Å². The fraction of sp³-hybridized carbons (Fsp3) is 0.143. The van der Waals surface area contributed by atoms with E-state index in [4.69, 9.17) is 0 Å². The summed E-state index contributed by atoms with van der Waals surface area (Å²) in [6.45, 7) is 4.33. The summed E-state index contributed by atoms with van der Waals surface area (Å²) in [5.74, 6) is -0.794. The molecule has 0 saturated carbocycles. The second kappa shape index (κ2) is 5.88. The molecule has 0 unspecified atom stereocenters. The highest BCUT2D eigenvalue weighted by molar-refractivity contribution is 6.27. The first-order valence-electron chi connectivity index (χ1n) is 8.50. The van der Waals surface area contributed by atoms with Crippen LogP contribution in [0.1, 0.15) is 33.2 Å². The van der Waals surface area contributed by atoms with E-state index < -0.39 is 5.91 Å². The zero-order chi connectivity index (χ0) is 18.4. The van der Waals surface area contributed by atoms with E-state index in [9.17, 15) is 14.7 Å². The molecule has 0 bridgehead atoms. The summed E-state index contributed by atoms with van der Waals surface area (Å²) in [4.78, 5) is 26.2. The molecule has 0 aliphatic carbocycles. The highest BCUT2D eigenvalue weighted by atomic mass is 16.3. The Labute approximate surface area is 151 Å². The van der Waals surface area contributed by atoms with Crippen LogP contribution >= 0.6 is 0 Å². The largest absolute Gasteiger partial charge is 0.507 e. The van der Waals surface area contributed by atoms with E-state index in [0.29, 0.717) is 22.9 Å². The number of phenolic OH excluding ortho intramolecular Hbond substituents is 1. The van der Waals surface area contributed by atoms with Crippen LogP contribution in [0.2, 0.25) is 0 Å². The van der Waals surface area contributed by atoms with Gasteiger partial charge in [0.25, 0.3) is 11.8 Å². The summed E-state index contributed by atoms with van der Waals surface area (Å²) in [5, 5.41) is 14.3. The average Bonchev–Trinajstić information content (AvgIpc) is 2.89. The maximum absolute atomic E-state index is 13.2. The fourth-order valence-corrected chi connectivity index (χ4v) is 3.44. The third kappa shape index (κ3) is 2.24. The predicted molar refractivity (Wildman–Crippen MR) is 100 cm³/mol. The number of carbonyl (C=O) groups excluding carboxylic acids is 2. The Hall–Kier alpha value is -3.34. The molecule has 3 aromatic carbocycles. The van der Waals surface area contributed by atoms with Crippen molar-refractivity contribution in [3.8, 4) is 5.75 Å². The molecule has 26 heavy (non-hydrogen) atoms. The molecule has 130 valence electrons. The number of aromatic hydroxyl groups is 1. The molecule has 1 aliphatic heterocycles. The Bertz CT molecular complexity index is 1040. The van der Waals surface area contributed by atoms with Gasteiger partial charge in [0, 0.05) is 11.9 Å². The first-order chi connectivity index (χ1) is 12.5. The summed E-state index contributed by atoms with van der Waals surface area (Å²) < 4.78 is 0. The topological polar surface area (TPSA) is 60.9 Å². The standard InChI is InChI=1S/C21H18N2O3/c1-3-22(14-10-8-13(2)9-11-14)23-20(25)17-12-18(24)15-6-4-5-7-16(15)19(17)21(23)26/h4-12,24H,3H2,1-2H3. The number of fused-ring (bicyclic) bond motifs is 3. The van der Waals surface area contributed by atoms with E-state index in [2.05, 4.69) is 0 Å². The number of phenols is 1. The van der Waals surface area contributed by atoms with Crippen LogP contribution < -0.4 is 5.01 Å². The normalized spacial score (nSPS) is 13.4. The van der Waals surface area contributed by atoms with E-state index in [0.717, 1.165) is 11.3 Å². The highest BCUT2D eigenvalue weighted by Gasteiger charge is 2.41. The maximum Gasteiger partial charge on any atom is 0.281 e. The van der Waals surface area contributed by atoms with Crippen LogP contribution in [0.15, 0.2) is 54.6 Å². The van der Waals surface area contributed by atoms with Gasteiger partial charge in [-0.05, 0) is 37.4 Å². The van der Waals surface area contributed by atoms with E-state index in [-0.39, 0.29) is 17.2 Å². The molecular weight excluding hydrogens is 328 g/mol. The van der Waals surface area contributed by atoms with Crippen molar-refractivity contribution in [1.82, 2.24) is 5.01 Å². The number of nitrogens with zero attached hydrogens (tertiary/aromatic N) is 2. The van der Waals surface area contributed by atoms with Gasteiger partial charge in [-0.2, -0.15) is 5.01 Å². The zero-order valence-corrected chi connectivity index (χ0v) is 14.6. The number of amides is 2. The molecule has 2 amide bonds. The van der Waals surface area contributed by atoms with Gasteiger partial charge in [0.15, 0.2) is 0 Å². The molecule has 0 saturated heterocycles. The van der Waals surface area contributed by atoms with Crippen LogP contribution in [-0.4, -0.2) is 28.5 Å². The Balaban J connectivity index is 1.87. The molecule has 5 nitrogen and oxygen atoms in total. The second-order valence-corrected chi connectivity index (χ2v) is 6.34. The summed E-state index contributed by atoms with van der Waals surface area (Å²) >= 11 is 0. The number of imide groups is 1. The lowest BCUT2D eigenvalue weighted by Crippen LogP contribution is -2.46. The fourth-order valence-electron chi connectivity index (χ4n) is 3.44. The first-order valence-corrected chi connectivity index (χ1v) is 8.50. The number of anilines is 1. The van der Waals surface area contributed by atoms with Crippen LogP contribution in [0, 0.1) is 6.92 Å². The number of hydrogen-bond donors (Lipinski definition) is 1. The van der Waals surface area contributed by atoms with Crippen LogP contribution in [-0.2, 0) is 0 Å². The van der Waals surface area contributed by atoms with Gasteiger partial charge in [-0.25, -0.2) is 0 Å². The number of benzene rings is 3. The van der Waals surface area contributed by atoms with Gasteiger partial charge in [-0.15, -0.1) is 0 Å². The van der Waals surface area contributed by atoms with Crippen molar-refractivity contribution < 1.29 is 14.7 Å². The summed E-state index contributed by atoms with van der Waals surface area (Å²) in [7, 11) is 0. The number of rotatable bonds is 3. The Kier molecular flexibility index (Phi) is 3.65. The first kappa shape index (κ1) is 16.1. The van der Waals surface area contributed by atoms with Crippen LogP contribution in [0.5, 0.6) is 5.75 Å². The minimum Gasteiger partial charge on any atom is -0.507 e. The number of hydrazine groups is 1. The van der Waals surface area contributed by atoms with Crippen LogP contribution in [0.25, 0.3) is 10.8 Å². The molecule has 0 atom stereocenters. The van der Waals surface area contributed by atoms with Crippen molar-refractivity contribution in [2.45, 2.75) is 13.8 Å². The van der Waals surface area contributed by atoms with Crippen LogP contribution in [0.3, 0.4) is 0 Å². The Morgan fingerprint density at radius 1 is 0.962 bits per heavy atom. The van der Waals surface area contributed by atoms with Gasteiger partial charge in [0.2, 0.25) is 0 Å². The van der Waals surface area contributed by atoms with E-state index in [1.54, 1.807) is 29.3 Å². The smallest absolute Gasteiger partial charge is 0.281 e. The quantitative estimate of drug-likeness (QED) is 0.731. The summed E-state index contributed by atoms with van der Waals surface area (Å²) in [6, 6.07) is 16.1. The van der Waals surface area contributed by atoms with Gasteiger partial charge in [0.1, 0.15) is 5.75 Å². The van der Waals surface area contributed by atoms with Crippen molar-refractivity contribution in [2.75, 3.05) is 11.6 Å². The van der Waals surface area contributed by atoms with Crippen molar-refractivity contribution >= 4 is 28.3 Å². The summed E-state index contributed by atoms with van der Waals surface area (Å²) in [6.07, 6.45) is 0. The molecule has 5 heteroatoms. The Morgan fingerprint density at radius 3 is 2.27 bits per heavy atom. The van der Waals surface area contributed by atoms with Crippen molar-refractivity contribution in [1.29, 1.82) is 0 Å². The molecule has 1 N–H and O–H groups in total. The minimum absolute atomic E-state index is 0.000680. The van der Waals surface area contributed by atoms with E-state index in [1.165, 1.54) is 11.1 Å². The van der Waals surface area contributed by atoms with Gasteiger partial charge in [-0.1, -0.05) is 42.0 Å². The lowest BCUT2D eigenvalue weighted by Gasteiger charge is -2.30. The Morgan fingerprint density at radius 2 is 1.62 bits per heavy atom. The molecule has 3 aromatic rings. The third-order valence-electron chi connectivity index (χ3n) is 4.72. The molecule has 1 heterocycles. The average molecular weight is 346 g/mol. The maximum atomic E-state index is 13.2. The molecule has 0 spiro atoms. The molecule has 0 fully saturated rings. The number of aryl methyl sites for hydroxylation is 1. The SMILES string of the molecule is CCN(c1ccc(C)cc1)N1C(=O)c2cc(O)c3ccccc3c2C1=O. The van der Waals surface area contributed by atoms with Gasteiger partial charge < -0.3 is 5.11 Å². The zero-order valence-electron chi connectivity index (χ0n) is 14.6. The van der Waals surface area contributed by atoms with Crippen molar-refractivity contribution in [3.05, 3.63) is 71.3 Å². The molecule has 0 aromatic heterocycles. The molecule has 1 aliphatic rings. The predicted octanol–water partition coefficient (Wildman–Crippen LogP) is 3.89. The van der Waals surface area contributed by atoms with E-state index in [1.807, 2.05) is 38.1 Å². The van der Waals surface area contributed by atoms with Gasteiger partial charge in [0.05, 0.1) is 16.8 Å². The minimum atomic E-state index is -0.423. The lowest BCUT2D eigenvalue weighted by molar-refractivity contribution is 0.0636. The molecule has 0 radical (unpaired) electrons. The van der Waals surface area contributed by atoms with E-state index >= 15 is 0 Å². The third-order valence-corrected chi connectivity index (χ3v) is 4.72. The van der Waals surface area contributed by atoms with Crippen molar-refractivity contribution in [2.24, 2.45) is 0 Å². The molecule has 4 rings (SSSR count).